The summed E-state index contributed by atoms with van der Waals surface area (Å²) in [6.45, 7) is 1.95. The van der Waals surface area contributed by atoms with Crippen LogP contribution in [0, 0.1) is 0 Å². The number of amides is 1. The van der Waals surface area contributed by atoms with Gasteiger partial charge in [0.05, 0.1) is 0 Å². The number of nitrogens with one attached hydrogen (secondary N) is 2. The molecule has 0 saturated carbocycles. The van der Waals surface area contributed by atoms with Crippen LogP contribution < -0.4 is 5.32 Å². The van der Waals surface area contributed by atoms with Crippen LogP contribution in [-0.2, 0) is 6.42 Å². The minimum atomic E-state index is -0.368. The molecule has 6 heteroatoms. The Kier molecular flexibility index (Phi) is 4.23. The second-order valence-electron chi connectivity index (χ2n) is 6.23. The van der Waals surface area contributed by atoms with Gasteiger partial charge in [0.2, 0.25) is 5.82 Å². The van der Waals surface area contributed by atoms with Crippen molar-refractivity contribution in [3.05, 3.63) is 72.2 Å². The summed E-state index contributed by atoms with van der Waals surface area (Å²) in [7, 11) is 0. The molecule has 0 saturated heterocycles. The summed E-state index contributed by atoms with van der Waals surface area (Å²) in [6, 6.07) is 17.4. The zero-order chi connectivity index (χ0) is 17.9. The highest BCUT2D eigenvalue weighted by Crippen LogP contribution is 2.19. The number of hydrogen-bond donors (Lipinski definition) is 2. The first-order valence-electron chi connectivity index (χ1n) is 8.45. The molecule has 4 aromatic rings. The summed E-state index contributed by atoms with van der Waals surface area (Å²) in [5, 5.41) is 7.96. The fraction of sp³-hybridized carbons (Fsp3) is 0.150. The maximum Gasteiger partial charge on any atom is 0.316 e. The molecule has 6 nitrogen and oxygen atoms in total. The third-order valence-electron chi connectivity index (χ3n) is 4.23. The summed E-state index contributed by atoms with van der Waals surface area (Å²) >= 11 is 0. The summed E-state index contributed by atoms with van der Waals surface area (Å²) in [5.74, 6) is 0.00156. The van der Waals surface area contributed by atoms with Crippen LogP contribution in [-0.4, -0.2) is 27.1 Å². The van der Waals surface area contributed by atoms with Gasteiger partial charge in [-0.1, -0.05) is 53.7 Å². The first-order valence-corrected chi connectivity index (χ1v) is 8.45. The van der Waals surface area contributed by atoms with Crippen LogP contribution in [0.2, 0.25) is 0 Å². The number of aromatic nitrogens is 3. The maximum atomic E-state index is 12.4. The van der Waals surface area contributed by atoms with Gasteiger partial charge < -0.3 is 14.8 Å². The van der Waals surface area contributed by atoms with Crippen LogP contribution in [0.3, 0.4) is 0 Å². The van der Waals surface area contributed by atoms with E-state index in [1.54, 1.807) is 0 Å². The highest BCUT2D eigenvalue weighted by atomic mass is 16.5. The van der Waals surface area contributed by atoms with E-state index in [1.807, 2.05) is 61.7 Å². The number of nitrogens with zero attached hydrogens (tertiary/aromatic N) is 2. The molecular formula is C20H18N4O2. The number of benzene rings is 2. The predicted octanol–water partition coefficient (Wildman–Crippen LogP) is 3.58. The monoisotopic (exact) mass is 346 g/mol. The Morgan fingerprint density at radius 1 is 1.15 bits per heavy atom. The normalized spacial score (nSPS) is 12.2. The molecule has 2 aromatic carbocycles. The van der Waals surface area contributed by atoms with Gasteiger partial charge in [-0.3, -0.25) is 4.79 Å². The molecule has 1 atom stereocenters. The molecule has 0 bridgehead atoms. The Labute approximate surface area is 150 Å². The molecule has 0 radical (unpaired) electrons. The second kappa shape index (κ2) is 6.84. The molecule has 0 fully saturated rings. The molecule has 2 N–H and O–H groups in total. The number of para-hydroxylation sites is 1. The first-order chi connectivity index (χ1) is 12.7. The number of carbonyl (C=O) groups is 1. The van der Waals surface area contributed by atoms with Gasteiger partial charge >= 0.3 is 11.8 Å². The Balaban J connectivity index is 1.44. The number of hydrogen-bond acceptors (Lipinski definition) is 4. The minimum absolute atomic E-state index is 0.0328. The quantitative estimate of drug-likeness (QED) is 0.578. The lowest BCUT2D eigenvalue weighted by molar-refractivity contribution is 0.0896. The van der Waals surface area contributed by atoms with E-state index in [4.69, 9.17) is 4.52 Å². The SMILES string of the molecule is CC(Cc1c[nH]c2ccccc12)NC(=O)c1nc(-c2ccccc2)no1. The number of aromatic amines is 1. The Bertz CT molecular complexity index is 1040. The third kappa shape index (κ3) is 3.21. The largest absolute Gasteiger partial charge is 0.361 e. The van der Waals surface area contributed by atoms with Crippen molar-refractivity contribution >= 4 is 16.8 Å². The zero-order valence-electron chi connectivity index (χ0n) is 14.3. The van der Waals surface area contributed by atoms with E-state index in [0.717, 1.165) is 22.0 Å². The number of H-pyrrole nitrogens is 1. The van der Waals surface area contributed by atoms with Gasteiger partial charge in [-0.05, 0) is 25.0 Å². The smallest absolute Gasteiger partial charge is 0.316 e. The van der Waals surface area contributed by atoms with Crippen LogP contribution in [0.5, 0.6) is 0 Å². The van der Waals surface area contributed by atoms with Crippen LogP contribution in [0.4, 0.5) is 0 Å². The fourth-order valence-electron chi connectivity index (χ4n) is 2.99. The second-order valence-corrected chi connectivity index (χ2v) is 6.23. The fourth-order valence-corrected chi connectivity index (χ4v) is 2.99. The molecule has 2 aromatic heterocycles. The van der Waals surface area contributed by atoms with Gasteiger partial charge in [0, 0.05) is 28.7 Å². The van der Waals surface area contributed by atoms with Gasteiger partial charge in [0.25, 0.3) is 0 Å². The van der Waals surface area contributed by atoms with E-state index in [2.05, 4.69) is 26.5 Å². The lowest BCUT2D eigenvalue weighted by atomic mass is 10.1. The lowest BCUT2D eigenvalue weighted by Gasteiger charge is -2.11. The lowest BCUT2D eigenvalue weighted by Crippen LogP contribution is -2.34. The van der Waals surface area contributed by atoms with Crippen molar-refractivity contribution in [2.75, 3.05) is 0 Å². The van der Waals surface area contributed by atoms with Crippen molar-refractivity contribution in [1.29, 1.82) is 0 Å². The van der Waals surface area contributed by atoms with Gasteiger partial charge in [0.1, 0.15) is 0 Å². The van der Waals surface area contributed by atoms with E-state index in [1.165, 1.54) is 0 Å². The molecule has 0 spiro atoms. The standard InChI is InChI=1S/C20H18N4O2/c1-13(11-15-12-21-17-10-6-5-9-16(15)17)22-19(25)20-23-18(24-26-20)14-7-3-2-4-8-14/h2-10,12-13,21H,11H2,1H3,(H,22,25). The van der Waals surface area contributed by atoms with Gasteiger partial charge in [-0.15, -0.1) is 0 Å². The van der Waals surface area contributed by atoms with Crippen molar-refractivity contribution in [3.8, 4) is 11.4 Å². The number of carbonyl (C=O) groups excluding carboxylic acids is 1. The molecule has 0 aliphatic carbocycles. The third-order valence-corrected chi connectivity index (χ3v) is 4.23. The predicted molar refractivity (Wildman–Crippen MR) is 98.7 cm³/mol. The van der Waals surface area contributed by atoms with Crippen molar-refractivity contribution in [2.24, 2.45) is 0 Å². The molecule has 2 heterocycles. The Morgan fingerprint density at radius 3 is 2.77 bits per heavy atom. The van der Waals surface area contributed by atoms with Gasteiger partial charge in [0.15, 0.2) is 0 Å². The van der Waals surface area contributed by atoms with Crippen molar-refractivity contribution in [1.82, 2.24) is 20.4 Å². The average Bonchev–Trinajstić information content (AvgIpc) is 3.30. The highest BCUT2D eigenvalue weighted by molar-refractivity contribution is 5.90. The van der Waals surface area contributed by atoms with Crippen molar-refractivity contribution in [2.45, 2.75) is 19.4 Å². The van der Waals surface area contributed by atoms with Crippen LogP contribution in [0.15, 0.2) is 65.3 Å². The highest BCUT2D eigenvalue weighted by Gasteiger charge is 2.18. The van der Waals surface area contributed by atoms with Crippen LogP contribution >= 0.6 is 0 Å². The minimum Gasteiger partial charge on any atom is -0.361 e. The molecule has 4 rings (SSSR count). The van der Waals surface area contributed by atoms with Crippen molar-refractivity contribution in [3.63, 3.8) is 0 Å². The molecule has 0 aliphatic heterocycles. The summed E-state index contributed by atoms with van der Waals surface area (Å²) in [5.41, 5.74) is 3.05. The molecule has 1 amide bonds. The van der Waals surface area contributed by atoms with E-state index in [0.29, 0.717) is 12.2 Å². The summed E-state index contributed by atoms with van der Waals surface area (Å²) in [6.07, 6.45) is 2.68. The average molecular weight is 346 g/mol. The first kappa shape index (κ1) is 16.1. The molecular weight excluding hydrogens is 328 g/mol. The zero-order valence-corrected chi connectivity index (χ0v) is 14.3. The molecule has 26 heavy (non-hydrogen) atoms. The van der Waals surface area contributed by atoms with Crippen molar-refractivity contribution < 1.29 is 9.32 Å². The number of fused-ring (bicyclic) bond motifs is 1. The van der Waals surface area contributed by atoms with Crippen LogP contribution in [0.1, 0.15) is 23.2 Å². The number of rotatable bonds is 5. The summed E-state index contributed by atoms with van der Waals surface area (Å²) < 4.78 is 5.11. The van der Waals surface area contributed by atoms with E-state index in [-0.39, 0.29) is 17.8 Å². The molecule has 0 aliphatic rings. The van der Waals surface area contributed by atoms with Gasteiger partial charge in [-0.2, -0.15) is 4.98 Å². The van der Waals surface area contributed by atoms with E-state index in [9.17, 15) is 4.79 Å². The topological polar surface area (TPSA) is 83.8 Å². The Hall–Kier alpha value is -3.41. The van der Waals surface area contributed by atoms with Crippen LogP contribution in [0.25, 0.3) is 22.3 Å². The van der Waals surface area contributed by atoms with Gasteiger partial charge in [-0.25, -0.2) is 0 Å². The summed E-state index contributed by atoms with van der Waals surface area (Å²) in [4.78, 5) is 19.8. The van der Waals surface area contributed by atoms with E-state index < -0.39 is 0 Å². The molecule has 1 unspecified atom stereocenters. The van der Waals surface area contributed by atoms with E-state index >= 15 is 0 Å². The Morgan fingerprint density at radius 2 is 1.92 bits per heavy atom. The maximum absolute atomic E-state index is 12.4. The molecule has 130 valence electrons.